The van der Waals surface area contributed by atoms with Crippen molar-refractivity contribution in [1.29, 1.82) is 0 Å². The van der Waals surface area contributed by atoms with Crippen molar-refractivity contribution in [2.75, 3.05) is 0 Å². The van der Waals surface area contributed by atoms with Crippen LogP contribution in [0.2, 0.25) is 0 Å². The third-order valence-corrected chi connectivity index (χ3v) is 4.09. The summed E-state index contributed by atoms with van der Waals surface area (Å²) in [6.45, 7) is 6.05. The predicted octanol–water partition coefficient (Wildman–Crippen LogP) is 2.48. The first-order valence-electron chi connectivity index (χ1n) is 6.10. The highest BCUT2D eigenvalue weighted by molar-refractivity contribution is 7.80. The Bertz CT molecular complexity index is 581. The summed E-state index contributed by atoms with van der Waals surface area (Å²) in [7, 11) is 0. The van der Waals surface area contributed by atoms with Gasteiger partial charge in [0.25, 0.3) is 0 Å². The molecule has 2 N–H and O–H groups in total. The van der Waals surface area contributed by atoms with Gasteiger partial charge in [0.1, 0.15) is 16.4 Å². The zero-order valence-corrected chi connectivity index (χ0v) is 11.9. The number of aliphatic imine (C=N–C) groups is 1. The largest absolute Gasteiger partial charge is 0.478 e. The van der Waals surface area contributed by atoms with Crippen molar-refractivity contribution in [3.63, 3.8) is 0 Å². The number of hydrogen-bond acceptors (Lipinski definition) is 3. The maximum Gasteiger partial charge on any atom is 0.336 e. The maximum absolute atomic E-state index is 11.2. The molecule has 1 aliphatic rings. The monoisotopic (exact) mass is 276 g/mol. The standard InChI is InChI=1S/C14H16N2O2S/c1-8(2)14(3)13(19)15-11(16-14)9-6-4-5-7-10(9)12(17)18/h4-8H,1-3H3,(H,17,18)(H,15,16,19)/t14-/m1/s1. The molecule has 1 aromatic carbocycles. The average Bonchev–Trinajstić information content (AvgIpc) is 2.67. The van der Waals surface area contributed by atoms with Gasteiger partial charge in [0, 0.05) is 5.56 Å². The average molecular weight is 276 g/mol. The van der Waals surface area contributed by atoms with E-state index < -0.39 is 11.5 Å². The number of aromatic carboxylic acids is 1. The van der Waals surface area contributed by atoms with Gasteiger partial charge in [-0.1, -0.05) is 44.3 Å². The summed E-state index contributed by atoms with van der Waals surface area (Å²) >= 11 is 5.34. The van der Waals surface area contributed by atoms with E-state index in [4.69, 9.17) is 12.2 Å². The molecule has 4 nitrogen and oxygen atoms in total. The zero-order valence-electron chi connectivity index (χ0n) is 11.1. The molecule has 1 heterocycles. The fraction of sp³-hybridized carbons (Fsp3) is 0.357. The molecule has 0 aliphatic carbocycles. The second-order valence-electron chi connectivity index (χ2n) is 5.07. The first-order valence-corrected chi connectivity index (χ1v) is 6.51. The molecule has 0 spiro atoms. The van der Waals surface area contributed by atoms with Crippen molar-refractivity contribution < 1.29 is 9.90 Å². The van der Waals surface area contributed by atoms with Crippen molar-refractivity contribution >= 4 is 29.0 Å². The van der Waals surface area contributed by atoms with Crippen LogP contribution in [0.1, 0.15) is 36.7 Å². The molecule has 1 aromatic rings. The van der Waals surface area contributed by atoms with E-state index in [1.165, 1.54) is 0 Å². The Morgan fingerprint density at radius 3 is 2.58 bits per heavy atom. The van der Waals surface area contributed by atoms with Crippen LogP contribution in [-0.2, 0) is 0 Å². The third kappa shape index (κ3) is 2.26. The molecule has 100 valence electrons. The van der Waals surface area contributed by atoms with Crippen molar-refractivity contribution in [3.8, 4) is 0 Å². The van der Waals surface area contributed by atoms with Crippen molar-refractivity contribution in [1.82, 2.24) is 5.32 Å². The van der Waals surface area contributed by atoms with E-state index in [9.17, 15) is 9.90 Å². The van der Waals surface area contributed by atoms with Crippen molar-refractivity contribution in [2.24, 2.45) is 10.9 Å². The highest BCUT2D eigenvalue weighted by atomic mass is 32.1. The van der Waals surface area contributed by atoms with Gasteiger partial charge < -0.3 is 10.4 Å². The number of rotatable bonds is 3. The highest BCUT2D eigenvalue weighted by Crippen LogP contribution is 2.28. The van der Waals surface area contributed by atoms with Gasteiger partial charge in [-0.2, -0.15) is 0 Å². The minimum atomic E-state index is -0.968. The Morgan fingerprint density at radius 2 is 2.05 bits per heavy atom. The smallest absolute Gasteiger partial charge is 0.336 e. The van der Waals surface area contributed by atoms with Gasteiger partial charge in [0.15, 0.2) is 0 Å². The molecule has 0 radical (unpaired) electrons. The molecule has 1 atom stereocenters. The maximum atomic E-state index is 11.2. The Hall–Kier alpha value is -1.75. The number of carboxylic acid groups (broad SMARTS) is 1. The van der Waals surface area contributed by atoms with Gasteiger partial charge in [-0.3, -0.25) is 4.99 Å². The minimum Gasteiger partial charge on any atom is -0.478 e. The SMILES string of the molecule is CC(C)[C@@]1(C)N=C(c2ccccc2C(=O)O)NC1=S. The van der Waals surface area contributed by atoms with Gasteiger partial charge in [-0.05, 0) is 18.9 Å². The molecule has 0 bridgehead atoms. The number of thiocarbonyl (C=S) groups is 1. The van der Waals surface area contributed by atoms with Crippen molar-refractivity contribution in [3.05, 3.63) is 35.4 Å². The summed E-state index contributed by atoms with van der Waals surface area (Å²) < 4.78 is 0. The van der Waals surface area contributed by atoms with E-state index in [-0.39, 0.29) is 11.5 Å². The molecule has 0 saturated heterocycles. The number of nitrogens with zero attached hydrogens (tertiary/aromatic N) is 1. The molecule has 0 saturated carbocycles. The van der Waals surface area contributed by atoms with Gasteiger partial charge in [-0.15, -0.1) is 0 Å². The zero-order chi connectivity index (χ0) is 14.2. The van der Waals surface area contributed by atoms with Crippen LogP contribution >= 0.6 is 12.2 Å². The Labute approximate surface area is 117 Å². The molecule has 2 rings (SSSR count). The van der Waals surface area contributed by atoms with Gasteiger partial charge >= 0.3 is 5.97 Å². The topological polar surface area (TPSA) is 61.7 Å². The molecule has 0 amide bonds. The molecule has 0 aromatic heterocycles. The van der Waals surface area contributed by atoms with E-state index >= 15 is 0 Å². The van der Waals surface area contributed by atoms with Crippen LogP contribution < -0.4 is 5.32 Å². The summed E-state index contributed by atoms with van der Waals surface area (Å²) in [6.07, 6.45) is 0. The third-order valence-electron chi connectivity index (χ3n) is 3.57. The first-order chi connectivity index (χ1) is 8.86. The van der Waals surface area contributed by atoms with E-state index in [0.29, 0.717) is 16.4 Å². The van der Waals surface area contributed by atoms with Crippen LogP contribution in [0.3, 0.4) is 0 Å². The van der Waals surface area contributed by atoms with Gasteiger partial charge in [0.05, 0.1) is 5.56 Å². The first kappa shape index (κ1) is 13.7. The lowest BCUT2D eigenvalue weighted by atomic mass is 9.90. The Morgan fingerprint density at radius 1 is 1.42 bits per heavy atom. The van der Waals surface area contributed by atoms with Crippen LogP contribution in [0.5, 0.6) is 0 Å². The molecule has 1 aliphatic heterocycles. The van der Waals surface area contributed by atoms with Crippen LogP contribution in [-0.4, -0.2) is 27.4 Å². The second-order valence-corrected chi connectivity index (χ2v) is 5.48. The second kappa shape index (κ2) is 4.74. The van der Waals surface area contributed by atoms with E-state index in [1.54, 1.807) is 24.3 Å². The number of nitrogens with one attached hydrogen (secondary N) is 1. The van der Waals surface area contributed by atoms with Crippen molar-refractivity contribution in [2.45, 2.75) is 26.3 Å². The Kier molecular flexibility index (Phi) is 3.41. The number of carboxylic acids is 1. The molecule has 0 unspecified atom stereocenters. The summed E-state index contributed by atoms with van der Waals surface area (Å²) in [6, 6.07) is 6.79. The molecule has 19 heavy (non-hydrogen) atoms. The van der Waals surface area contributed by atoms with Crippen LogP contribution in [0.25, 0.3) is 0 Å². The van der Waals surface area contributed by atoms with E-state index in [0.717, 1.165) is 0 Å². The number of benzene rings is 1. The normalized spacial score (nSPS) is 22.3. The summed E-state index contributed by atoms with van der Waals surface area (Å²) in [5, 5.41) is 12.3. The van der Waals surface area contributed by atoms with E-state index in [2.05, 4.69) is 10.3 Å². The van der Waals surface area contributed by atoms with Crippen LogP contribution in [0.4, 0.5) is 0 Å². The fourth-order valence-electron chi connectivity index (χ4n) is 1.94. The predicted molar refractivity (Wildman–Crippen MR) is 78.9 cm³/mol. The molecular weight excluding hydrogens is 260 g/mol. The number of carbonyl (C=O) groups is 1. The molecular formula is C14H16N2O2S. The number of amidine groups is 1. The lowest BCUT2D eigenvalue weighted by Crippen LogP contribution is -2.39. The summed E-state index contributed by atoms with van der Waals surface area (Å²) in [5.41, 5.74) is 0.322. The quantitative estimate of drug-likeness (QED) is 0.833. The van der Waals surface area contributed by atoms with Gasteiger partial charge in [-0.25, -0.2) is 4.79 Å². The summed E-state index contributed by atoms with van der Waals surface area (Å²) in [4.78, 5) is 16.5. The fourth-order valence-corrected chi connectivity index (χ4v) is 2.32. The summed E-state index contributed by atoms with van der Waals surface area (Å²) in [5.74, 6) is -0.189. The minimum absolute atomic E-state index is 0.226. The molecule has 5 heteroatoms. The van der Waals surface area contributed by atoms with Gasteiger partial charge in [0.2, 0.25) is 0 Å². The van der Waals surface area contributed by atoms with Crippen LogP contribution in [0.15, 0.2) is 29.3 Å². The Balaban J connectivity index is 2.51. The van der Waals surface area contributed by atoms with Crippen LogP contribution in [0, 0.1) is 5.92 Å². The lowest BCUT2D eigenvalue weighted by Gasteiger charge is -2.24. The number of hydrogen-bond donors (Lipinski definition) is 2. The molecule has 0 fully saturated rings. The van der Waals surface area contributed by atoms with E-state index in [1.807, 2.05) is 20.8 Å². The highest BCUT2D eigenvalue weighted by Gasteiger charge is 2.39. The lowest BCUT2D eigenvalue weighted by molar-refractivity contribution is 0.0696.